The van der Waals surface area contributed by atoms with Gasteiger partial charge < -0.3 is 13.7 Å². The molecular weight excluding hydrogens is 653 g/mol. The summed E-state index contributed by atoms with van der Waals surface area (Å²) in [6.07, 6.45) is 0. The van der Waals surface area contributed by atoms with Gasteiger partial charge >= 0.3 is 0 Å². The van der Waals surface area contributed by atoms with Gasteiger partial charge in [-0.1, -0.05) is 65.7 Å². The average molecular weight is 677 g/mol. The molecule has 0 aliphatic heterocycles. The maximum atomic E-state index is 6.49. The maximum absolute atomic E-state index is 6.49. The Balaban J connectivity index is 1.17. The third-order valence-corrected chi connectivity index (χ3v) is 10.7. The van der Waals surface area contributed by atoms with E-state index in [1.807, 2.05) is 47.7 Å². The minimum Gasteiger partial charge on any atom is -0.456 e. The first-order chi connectivity index (χ1) is 23.6. The van der Waals surface area contributed by atoms with E-state index >= 15 is 0 Å². The van der Waals surface area contributed by atoms with E-state index in [-0.39, 0.29) is 0 Å². The number of furan rings is 2. The Morgan fingerprint density at radius 1 is 0.396 bits per heavy atom. The minimum absolute atomic E-state index is 0.606. The van der Waals surface area contributed by atoms with Crippen LogP contribution in [0.25, 0.3) is 75.2 Å². The minimum atomic E-state index is 0.606. The van der Waals surface area contributed by atoms with Gasteiger partial charge in [0.1, 0.15) is 22.3 Å². The van der Waals surface area contributed by atoms with Gasteiger partial charge in [0.05, 0.1) is 0 Å². The van der Waals surface area contributed by atoms with Crippen molar-refractivity contribution in [3.05, 3.63) is 150 Å². The molecule has 10 aromatic rings. The van der Waals surface area contributed by atoms with Crippen molar-refractivity contribution in [3.63, 3.8) is 0 Å². The molecule has 0 radical (unpaired) electrons. The number of benzene rings is 7. The Hall–Kier alpha value is -5.26. The zero-order valence-corrected chi connectivity index (χ0v) is 27.5. The third-order valence-electron chi connectivity index (χ3n) is 9.15. The van der Waals surface area contributed by atoms with Crippen molar-refractivity contribution in [3.8, 4) is 11.1 Å². The van der Waals surface area contributed by atoms with Crippen LogP contribution in [0, 0.1) is 0 Å². The summed E-state index contributed by atoms with van der Waals surface area (Å²) in [7, 11) is 0. The molecule has 3 nitrogen and oxygen atoms in total. The van der Waals surface area contributed by atoms with Crippen LogP contribution in [-0.2, 0) is 0 Å². The average Bonchev–Trinajstić information content (AvgIpc) is 3.78. The zero-order valence-electron chi connectivity index (χ0n) is 25.2. The lowest BCUT2D eigenvalue weighted by Crippen LogP contribution is -2.09. The van der Waals surface area contributed by atoms with Crippen molar-refractivity contribution >= 4 is 116 Å². The molecule has 0 spiro atoms. The van der Waals surface area contributed by atoms with Crippen molar-refractivity contribution in [2.24, 2.45) is 0 Å². The molecule has 0 fully saturated rings. The first-order valence-corrected chi connectivity index (χ1v) is 17.2. The predicted octanol–water partition coefficient (Wildman–Crippen LogP) is 14.3. The number of hydrogen-bond donors (Lipinski definition) is 0. The van der Waals surface area contributed by atoms with Gasteiger partial charge in [-0.2, -0.15) is 0 Å². The lowest BCUT2D eigenvalue weighted by Gasteiger charge is -2.25. The highest BCUT2D eigenvalue weighted by Crippen LogP contribution is 2.44. The molecule has 0 unspecified atom stereocenters. The van der Waals surface area contributed by atoms with Gasteiger partial charge in [0.25, 0.3) is 0 Å². The number of para-hydroxylation sites is 1. The van der Waals surface area contributed by atoms with Crippen LogP contribution in [0.2, 0.25) is 10.0 Å². The Labute approximate surface area is 288 Å². The van der Waals surface area contributed by atoms with Gasteiger partial charge in [-0.05, 0) is 102 Å². The molecule has 48 heavy (non-hydrogen) atoms. The summed E-state index contributed by atoms with van der Waals surface area (Å²) < 4.78 is 15.2. The highest BCUT2D eigenvalue weighted by atomic mass is 35.5. The fourth-order valence-corrected chi connectivity index (χ4v) is 8.57. The SMILES string of the molecule is Clc1cc(Cl)cc(-c2ccc3oc4cc(N(c5ccc6oc7ccccc7c6c5)c5ccc6sc7ccccc7c6c5)ccc4c3c2)c1. The largest absolute Gasteiger partial charge is 0.456 e. The highest BCUT2D eigenvalue weighted by molar-refractivity contribution is 7.25. The number of hydrogen-bond acceptors (Lipinski definition) is 4. The molecule has 3 aromatic heterocycles. The second-order valence-corrected chi connectivity index (χ2v) is 14.0. The Morgan fingerprint density at radius 3 is 1.83 bits per heavy atom. The van der Waals surface area contributed by atoms with Crippen LogP contribution in [0.4, 0.5) is 17.1 Å². The Morgan fingerprint density at radius 2 is 0.979 bits per heavy atom. The molecule has 0 saturated carbocycles. The van der Waals surface area contributed by atoms with E-state index in [0.717, 1.165) is 72.1 Å². The summed E-state index contributed by atoms with van der Waals surface area (Å²) in [5.41, 5.74) is 8.46. The number of thiophene rings is 1. The van der Waals surface area contributed by atoms with E-state index in [0.29, 0.717) is 10.0 Å². The van der Waals surface area contributed by atoms with E-state index in [2.05, 4.69) is 102 Å². The maximum Gasteiger partial charge on any atom is 0.137 e. The van der Waals surface area contributed by atoms with E-state index in [1.165, 1.54) is 20.2 Å². The molecule has 0 atom stereocenters. The van der Waals surface area contributed by atoms with Gasteiger partial charge in [0, 0.05) is 74.9 Å². The Bertz CT molecular complexity index is 2760. The molecule has 0 aliphatic rings. The molecule has 3 heterocycles. The fourth-order valence-electron chi connectivity index (χ4n) is 6.96. The molecule has 7 aromatic carbocycles. The van der Waals surface area contributed by atoms with Crippen LogP contribution >= 0.6 is 34.5 Å². The molecule has 10 rings (SSSR count). The molecule has 0 N–H and O–H groups in total. The van der Waals surface area contributed by atoms with Crippen molar-refractivity contribution < 1.29 is 8.83 Å². The summed E-state index contributed by atoms with van der Waals surface area (Å²) in [6, 6.07) is 48.3. The van der Waals surface area contributed by atoms with Crippen LogP contribution in [0.1, 0.15) is 0 Å². The summed E-state index contributed by atoms with van der Waals surface area (Å²) >= 11 is 14.5. The summed E-state index contributed by atoms with van der Waals surface area (Å²) in [4.78, 5) is 2.30. The molecule has 6 heteroatoms. The monoisotopic (exact) mass is 675 g/mol. The fraction of sp³-hybridized carbons (Fsp3) is 0. The van der Waals surface area contributed by atoms with Crippen molar-refractivity contribution in [2.45, 2.75) is 0 Å². The summed E-state index contributed by atoms with van der Waals surface area (Å²) in [5.74, 6) is 0. The van der Waals surface area contributed by atoms with Gasteiger partial charge in [0.15, 0.2) is 0 Å². The second-order valence-electron chi connectivity index (χ2n) is 12.0. The molecular formula is C42H23Cl2NO2S. The first-order valence-electron chi connectivity index (χ1n) is 15.6. The number of nitrogens with zero attached hydrogens (tertiary/aromatic N) is 1. The third kappa shape index (κ3) is 4.41. The molecule has 228 valence electrons. The van der Waals surface area contributed by atoms with Crippen LogP contribution in [0.15, 0.2) is 148 Å². The van der Waals surface area contributed by atoms with E-state index in [4.69, 9.17) is 32.0 Å². The quantitative estimate of drug-likeness (QED) is 0.186. The first kappa shape index (κ1) is 27.8. The van der Waals surface area contributed by atoms with Gasteiger partial charge in [-0.25, -0.2) is 0 Å². The smallest absolute Gasteiger partial charge is 0.137 e. The van der Waals surface area contributed by atoms with Gasteiger partial charge in [0.2, 0.25) is 0 Å². The molecule has 0 amide bonds. The van der Waals surface area contributed by atoms with E-state index < -0.39 is 0 Å². The summed E-state index contributed by atoms with van der Waals surface area (Å²) in [5, 5.41) is 7.97. The van der Waals surface area contributed by atoms with Crippen LogP contribution < -0.4 is 4.90 Å². The summed E-state index contributed by atoms with van der Waals surface area (Å²) in [6.45, 7) is 0. The highest BCUT2D eigenvalue weighted by Gasteiger charge is 2.19. The van der Waals surface area contributed by atoms with Crippen LogP contribution in [-0.4, -0.2) is 0 Å². The number of rotatable bonds is 4. The zero-order chi connectivity index (χ0) is 31.9. The number of fused-ring (bicyclic) bond motifs is 9. The van der Waals surface area contributed by atoms with Gasteiger partial charge in [-0.15, -0.1) is 11.3 Å². The van der Waals surface area contributed by atoms with E-state index in [9.17, 15) is 0 Å². The lowest BCUT2D eigenvalue weighted by atomic mass is 10.0. The van der Waals surface area contributed by atoms with Crippen molar-refractivity contribution in [2.75, 3.05) is 4.90 Å². The molecule has 0 saturated heterocycles. The normalized spacial score (nSPS) is 12.0. The Kier molecular flexibility index (Phi) is 6.16. The lowest BCUT2D eigenvalue weighted by molar-refractivity contribution is 0.668. The van der Waals surface area contributed by atoms with Crippen molar-refractivity contribution in [1.82, 2.24) is 0 Å². The van der Waals surface area contributed by atoms with Crippen LogP contribution in [0.3, 0.4) is 0 Å². The standard InChI is InChI=1S/C42H23Cl2NO2S/c43-26-17-25(18-27(44)20-26)24-9-14-38-34(19-24)32-13-10-30(23-40(32)47-38)45(28-11-15-39-35(21-28)31-5-1-3-7-37(31)46-39)29-12-16-42-36(22-29)33-6-2-4-8-41(33)48-42/h1-23H. The number of anilines is 3. The number of halogens is 2. The van der Waals surface area contributed by atoms with Gasteiger partial charge in [-0.3, -0.25) is 0 Å². The molecule has 0 aliphatic carbocycles. The van der Waals surface area contributed by atoms with Crippen LogP contribution in [0.5, 0.6) is 0 Å². The topological polar surface area (TPSA) is 29.5 Å². The second kappa shape index (κ2) is 10.6. The predicted molar refractivity (Wildman–Crippen MR) is 204 cm³/mol. The molecule has 0 bridgehead atoms. The van der Waals surface area contributed by atoms with E-state index in [1.54, 1.807) is 6.07 Å². The van der Waals surface area contributed by atoms with Crippen molar-refractivity contribution in [1.29, 1.82) is 0 Å².